The Morgan fingerprint density at radius 1 is 1.12 bits per heavy atom. The number of carbonyl (C=O) groups is 1. The molecule has 1 aromatic heterocycles. The first kappa shape index (κ1) is 21.7. The number of hydrogen-bond acceptors (Lipinski definition) is 4. The number of rotatable bonds is 12. The first-order valence-electron chi connectivity index (χ1n) is 9.66. The largest absolute Gasteiger partial charge is 0.370 e. The van der Waals surface area contributed by atoms with Crippen molar-refractivity contribution in [2.45, 2.75) is 40.0 Å². The summed E-state index contributed by atoms with van der Waals surface area (Å²) in [7, 11) is 0. The maximum Gasteiger partial charge on any atom is 0.224 e. The van der Waals surface area contributed by atoms with Crippen LogP contribution in [0.4, 0.5) is 5.82 Å². The molecule has 0 bridgehead atoms. The van der Waals surface area contributed by atoms with Gasteiger partial charge in [-0.25, -0.2) is 4.98 Å². The first-order valence-corrected chi connectivity index (χ1v) is 9.66. The normalized spacial score (nSPS) is 11.1. The van der Waals surface area contributed by atoms with Crippen LogP contribution in [0.2, 0.25) is 0 Å². The van der Waals surface area contributed by atoms with Gasteiger partial charge in [-0.1, -0.05) is 6.07 Å². The van der Waals surface area contributed by atoms with Gasteiger partial charge in [0.05, 0.1) is 0 Å². The van der Waals surface area contributed by atoms with Crippen LogP contribution in [0.25, 0.3) is 0 Å². The molecule has 0 aromatic carbocycles. The minimum atomic E-state index is 0.180. The lowest BCUT2D eigenvalue weighted by Gasteiger charge is -2.19. The van der Waals surface area contributed by atoms with E-state index in [-0.39, 0.29) is 5.91 Å². The Hall–Kier alpha value is -2.31. The molecular weight excluding hydrogens is 328 g/mol. The van der Waals surface area contributed by atoms with E-state index in [1.807, 2.05) is 43.9 Å². The number of guanidine groups is 1. The Morgan fingerprint density at radius 2 is 1.92 bits per heavy atom. The number of aliphatic imine (C=N–C) groups is 1. The predicted molar refractivity (Wildman–Crippen MR) is 108 cm³/mol. The number of amides is 1. The van der Waals surface area contributed by atoms with Gasteiger partial charge in [-0.05, 0) is 45.7 Å². The second kappa shape index (κ2) is 13.9. The Labute approximate surface area is 157 Å². The topological polar surface area (TPSA) is 81.6 Å². The van der Waals surface area contributed by atoms with Gasteiger partial charge in [0.2, 0.25) is 5.91 Å². The standard InChI is InChI=1S/C19H34N6O/c1-4-20-19(24-16-12-18(26)25(5-2)6-3)23-15-10-9-14-22-17-11-7-8-13-21-17/h7-8,11,13H,4-6,9-10,12,14-16H2,1-3H3,(H,21,22)(H2,20,23,24). The van der Waals surface area contributed by atoms with E-state index in [0.29, 0.717) is 13.0 Å². The van der Waals surface area contributed by atoms with E-state index < -0.39 is 0 Å². The minimum absolute atomic E-state index is 0.180. The zero-order valence-electron chi connectivity index (χ0n) is 16.4. The molecule has 7 heteroatoms. The third-order valence-corrected chi connectivity index (χ3v) is 3.92. The predicted octanol–water partition coefficient (Wildman–Crippen LogP) is 2.09. The van der Waals surface area contributed by atoms with Crippen molar-refractivity contribution in [2.24, 2.45) is 4.99 Å². The van der Waals surface area contributed by atoms with Crippen LogP contribution in [0, 0.1) is 0 Å². The molecule has 0 aliphatic heterocycles. The van der Waals surface area contributed by atoms with Crippen LogP contribution in [0.3, 0.4) is 0 Å². The van der Waals surface area contributed by atoms with E-state index in [9.17, 15) is 4.79 Å². The van der Waals surface area contributed by atoms with Crippen molar-refractivity contribution in [2.75, 3.05) is 44.6 Å². The van der Waals surface area contributed by atoms with Crippen molar-refractivity contribution in [1.29, 1.82) is 0 Å². The van der Waals surface area contributed by atoms with Crippen LogP contribution in [-0.4, -0.2) is 61.0 Å². The number of pyridine rings is 1. The number of unbranched alkanes of at least 4 members (excludes halogenated alkanes) is 1. The fourth-order valence-corrected chi connectivity index (χ4v) is 2.48. The zero-order chi connectivity index (χ0) is 19.0. The average molecular weight is 363 g/mol. The summed E-state index contributed by atoms with van der Waals surface area (Å²) in [4.78, 5) is 22.7. The van der Waals surface area contributed by atoms with Gasteiger partial charge in [0.15, 0.2) is 5.96 Å². The smallest absolute Gasteiger partial charge is 0.224 e. The van der Waals surface area contributed by atoms with Crippen molar-refractivity contribution in [3.63, 3.8) is 0 Å². The number of nitrogens with one attached hydrogen (secondary N) is 3. The fourth-order valence-electron chi connectivity index (χ4n) is 2.48. The molecule has 1 rings (SSSR count). The van der Waals surface area contributed by atoms with Crippen LogP contribution >= 0.6 is 0 Å². The van der Waals surface area contributed by atoms with Crippen molar-refractivity contribution in [1.82, 2.24) is 20.5 Å². The second-order valence-electron chi connectivity index (χ2n) is 5.85. The number of hydrogen-bond donors (Lipinski definition) is 3. The highest BCUT2D eigenvalue weighted by Gasteiger charge is 2.08. The summed E-state index contributed by atoms with van der Waals surface area (Å²) in [6.07, 6.45) is 4.29. The third-order valence-electron chi connectivity index (χ3n) is 3.92. The molecule has 0 saturated heterocycles. The molecule has 0 aliphatic carbocycles. The first-order chi connectivity index (χ1) is 12.7. The van der Waals surface area contributed by atoms with E-state index in [0.717, 1.165) is 57.3 Å². The SMILES string of the molecule is CCNC(=NCCCCNc1ccccn1)NCCC(=O)N(CC)CC. The number of aromatic nitrogens is 1. The molecule has 0 spiro atoms. The maximum atomic E-state index is 12.0. The van der Waals surface area contributed by atoms with E-state index >= 15 is 0 Å². The molecule has 0 fully saturated rings. The van der Waals surface area contributed by atoms with Crippen molar-refractivity contribution in [3.8, 4) is 0 Å². The lowest BCUT2D eigenvalue weighted by molar-refractivity contribution is -0.130. The number of nitrogens with zero attached hydrogens (tertiary/aromatic N) is 3. The lowest BCUT2D eigenvalue weighted by atomic mass is 10.3. The van der Waals surface area contributed by atoms with Crippen molar-refractivity contribution < 1.29 is 4.79 Å². The summed E-state index contributed by atoms with van der Waals surface area (Å²) in [5, 5.41) is 9.75. The third kappa shape index (κ3) is 9.25. The van der Waals surface area contributed by atoms with E-state index in [1.54, 1.807) is 6.20 Å². The van der Waals surface area contributed by atoms with E-state index in [4.69, 9.17) is 0 Å². The molecule has 0 unspecified atom stereocenters. The van der Waals surface area contributed by atoms with E-state index in [2.05, 4.69) is 25.9 Å². The summed E-state index contributed by atoms with van der Waals surface area (Å²) in [5.41, 5.74) is 0. The Bertz CT molecular complexity index is 516. The van der Waals surface area contributed by atoms with E-state index in [1.165, 1.54) is 0 Å². The summed E-state index contributed by atoms with van der Waals surface area (Å²) < 4.78 is 0. The van der Waals surface area contributed by atoms with Crippen LogP contribution in [-0.2, 0) is 4.79 Å². The molecular formula is C19H34N6O. The molecule has 7 nitrogen and oxygen atoms in total. The molecule has 1 aromatic rings. The summed E-state index contributed by atoms with van der Waals surface area (Å²) in [6.45, 7) is 10.6. The van der Waals surface area contributed by atoms with Crippen LogP contribution in [0.15, 0.2) is 29.4 Å². The molecule has 0 radical (unpaired) electrons. The molecule has 0 aliphatic rings. The monoisotopic (exact) mass is 362 g/mol. The zero-order valence-corrected chi connectivity index (χ0v) is 16.4. The highest BCUT2D eigenvalue weighted by molar-refractivity contribution is 5.81. The van der Waals surface area contributed by atoms with Gasteiger partial charge in [0, 0.05) is 51.9 Å². The quantitative estimate of drug-likeness (QED) is 0.301. The molecule has 26 heavy (non-hydrogen) atoms. The van der Waals surface area contributed by atoms with Gasteiger partial charge in [-0.15, -0.1) is 0 Å². The fraction of sp³-hybridized carbons (Fsp3) is 0.632. The second-order valence-corrected chi connectivity index (χ2v) is 5.85. The molecule has 1 heterocycles. The van der Waals surface area contributed by atoms with Gasteiger partial charge in [0.1, 0.15) is 5.82 Å². The lowest BCUT2D eigenvalue weighted by Crippen LogP contribution is -2.40. The number of carbonyl (C=O) groups excluding carboxylic acids is 1. The van der Waals surface area contributed by atoms with Crippen LogP contribution in [0.5, 0.6) is 0 Å². The highest BCUT2D eigenvalue weighted by atomic mass is 16.2. The Balaban J connectivity index is 2.22. The van der Waals surface area contributed by atoms with Gasteiger partial charge >= 0.3 is 0 Å². The summed E-state index contributed by atoms with van der Waals surface area (Å²) in [6, 6.07) is 5.84. The van der Waals surface area contributed by atoms with Gasteiger partial charge in [0.25, 0.3) is 0 Å². The number of anilines is 1. The molecule has 3 N–H and O–H groups in total. The van der Waals surface area contributed by atoms with Crippen LogP contribution in [0.1, 0.15) is 40.0 Å². The molecule has 1 amide bonds. The molecule has 146 valence electrons. The van der Waals surface area contributed by atoms with Crippen molar-refractivity contribution in [3.05, 3.63) is 24.4 Å². The van der Waals surface area contributed by atoms with Gasteiger partial charge in [-0.2, -0.15) is 0 Å². The Kier molecular flexibility index (Phi) is 11.6. The van der Waals surface area contributed by atoms with Crippen LogP contribution < -0.4 is 16.0 Å². The van der Waals surface area contributed by atoms with Gasteiger partial charge in [-0.3, -0.25) is 9.79 Å². The maximum absolute atomic E-state index is 12.0. The summed E-state index contributed by atoms with van der Waals surface area (Å²) >= 11 is 0. The molecule has 0 atom stereocenters. The van der Waals surface area contributed by atoms with Gasteiger partial charge < -0.3 is 20.9 Å². The Morgan fingerprint density at radius 3 is 2.58 bits per heavy atom. The summed E-state index contributed by atoms with van der Waals surface area (Å²) in [5.74, 6) is 1.86. The van der Waals surface area contributed by atoms with Crippen molar-refractivity contribution >= 4 is 17.7 Å². The molecule has 0 saturated carbocycles. The highest BCUT2D eigenvalue weighted by Crippen LogP contribution is 2.00. The average Bonchev–Trinajstić information content (AvgIpc) is 2.66. The minimum Gasteiger partial charge on any atom is -0.370 e.